The van der Waals surface area contributed by atoms with E-state index >= 15 is 0 Å². The first-order valence-electron chi connectivity index (χ1n) is 14.1. The van der Waals surface area contributed by atoms with Crippen LogP contribution in [0, 0.1) is 0 Å². The summed E-state index contributed by atoms with van der Waals surface area (Å²) in [6.07, 6.45) is -0.728. The van der Waals surface area contributed by atoms with Gasteiger partial charge in [-0.3, -0.25) is 0 Å². The number of hydrogen-bond donors (Lipinski definition) is 2. The summed E-state index contributed by atoms with van der Waals surface area (Å²) in [4.78, 5) is 24.7. The van der Waals surface area contributed by atoms with Crippen LogP contribution in [0.2, 0.25) is 10.6 Å². The Morgan fingerprint density at radius 1 is 0.524 bits per heavy atom. The fourth-order valence-corrected chi connectivity index (χ4v) is 11.5. The summed E-state index contributed by atoms with van der Waals surface area (Å²) >= 11 is 0.874. The maximum absolute atomic E-state index is 12.3. The molecule has 0 spiro atoms. The van der Waals surface area contributed by atoms with Gasteiger partial charge in [-0.2, -0.15) is 0 Å². The Balaban J connectivity index is 0.840. The van der Waals surface area contributed by atoms with Gasteiger partial charge in [0.15, 0.2) is 0 Å². The molecule has 8 heteroatoms. The van der Waals surface area contributed by atoms with Gasteiger partial charge in [0, 0.05) is 0 Å². The van der Waals surface area contributed by atoms with Gasteiger partial charge in [0.1, 0.15) is 0 Å². The molecule has 0 aromatic heterocycles. The van der Waals surface area contributed by atoms with Crippen molar-refractivity contribution in [3.05, 3.63) is 119 Å². The van der Waals surface area contributed by atoms with Gasteiger partial charge in [-0.1, -0.05) is 0 Å². The molecule has 6 nitrogen and oxygen atoms in total. The molecule has 42 heavy (non-hydrogen) atoms. The molecule has 0 radical (unpaired) electrons. The topological polar surface area (TPSA) is 76.7 Å². The van der Waals surface area contributed by atoms with Crippen LogP contribution in [-0.4, -0.2) is 64.8 Å². The fourth-order valence-electron chi connectivity index (χ4n) is 5.81. The molecule has 0 heterocycles. The van der Waals surface area contributed by atoms with E-state index < -0.39 is 0 Å². The molecule has 2 amide bonds. The third-order valence-electron chi connectivity index (χ3n) is 7.68. The number of alkyl carbamates (subject to hydrolysis) is 2. The third-order valence-corrected chi connectivity index (χ3v) is 15.0. The summed E-state index contributed by atoms with van der Waals surface area (Å²) in [6, 6.07) is 33.3. The zero-order valence-electron chi connectivity index (χ0n) is 23.1. The van der Waals surface area contributed by atoms with Crippen molar-refractivity contribution in [2.45, 2.75) is 22.5 Å². The van der Waals surface area contributed by atoms with Gasteiger partial charge in [0.25, 0.3) is 0 Å². The molecule has 0 unspecified atom stereocenters. The van der Waals surface area contributed by atoms with E-state index in [1.165, 1.54) is 44.5 Å². The van der Waals surface area contributed by atoms with E-state index in [0.717, 1.165) is 10.6 Å². The van der Waals surface area contributed by atoms with Gasteiger partial charge in [-0.25, -0.2) is 0 Å². The average Bonchev–Trinajstić information content (AvgIpc) is 3.53. The predicted octanol–water partition coefficient (Wildman–Crippen LogP) is 6.22. The van der Waals surface area contributed by atoms with E-state index in [1.807, 2.05) is 48.5 Å². The van der Waals surface area contributed by atoms with Crippen LogP contribution in [0.25, 0.3) is 22.3 Å². The van der Waals surface area contributed by atoms with E-state index in [2.05, 4.69) is 59.2 Å². The van der Waals surface area contributed by atoms with E-state index in [4.69, 9.17) is 9.47 Å². The Labute approximate surface area is 257 Å². The van der Waals surface area contributed by atoms with Crippen molar-refractivity contribution in [3.63, 3.8) is 0 Å². The Morgan fingerprint density at radius 2 is 0.833 bits per heavy atom. The van der Waals surface area contributed by atoms with Crippen molar-refractivity contribution in [2.75, 3.05) is 26.3 Å². The van der Waals surface area contributed by atoms with Crippen molar-refractivity contribution >= 4 is 38.4 Å². The number of rotatable bonds is 11. The van der Waals surface area contributed by atoms with E-state index in [-0.39, 0.29) is 24.0 Å². The average molecular weight is 691 g/mol. The SMILES string of the molecule is O=C(NCC[Se][Se]CCNC(=O)OCC1c2ccccc2-c2ccccc21)OCC1c2ccccc2-c2ccccc21. The number of carbonyl (C=O) groups is 2. The number of amides is 2. The molecule has 0 saturated heterocycles. The maximum atomic E-state index is 12.3. The molecule has 4 aromatic carbocycles. The molecule has 0 atom stereocenters. The number of benzene rings is 4. The van der Waals surface area contributed by atoms with Gasteiger partial charge >= 0.3 is 258 Å². The summed E-state index contributed by atoms with van der Waals surface area (Å²) in [5.41, 5.74) is 9.74. The molecule has 0 bridgehead atoms. The molecule has 2 aliphatic carbocycles. The van der Waals surface area contributed by atoms with Gasteiger partial charge in [0.2, 0.25) is 0 Å². The van der Waals surface area contributed by atoms with Crippen LogP contribution in [0.1, 0.15) is 34.1 Å². The van der Waals surface area contributed by atoms with Crippen LogP contribution in [0.4, 0.5) is 9.59 Å². The number of ether oxygens (including phenoxy) is 2. The van der Waals surface area contributed by atoms with Crippen LogP contribution in [0.5, 0.6) is 0 Å². The van der Waals surface area contributed by atoms with Crippen molar-refractivity contribution in [3.8, 4) is 22.3 Å². The fraction of sp³-hybridized carbons (Fsp3) is 0.235. The molecule has 0 aliphatic heterocycles. The van der Waals surface area contributed by atoms with E-state index in [1.54, 1.807) is 0 Å². The molecule has 0 fully saturated rings. The second-order valence-electron chi connectivity index (χ2n) is 10.1. The number of fused-ring (bicyclic) bond motifs is 6. The number of hydrogen-bond acceptors (Lipinski definition) is 4. The number of carbonyl (C=O) groups excluding carboxylic acids is 2. The molecule has 4 aromatic rings. The Kier molecular flexibility index (Phi) is 9.27. The standard InChI is InChI=1S/C34H32N2O4Se2/c37-33(39-21-31-27-13-5-1-9-23(27)24-10-2-6-14-28(24)31)35-17-19-41-42-20-18-36-34(38)40-22-32-29-15-7-3-11-25(29)26-12-4-8-16-30(26)32/h1-16,31-32H,17-22H2,(H,35,37)(H,36,38). The minimum atomic E-state index is -0.364. The van der Waals surface area contributed by atoms with Crippen molar-refractivity contribution in [1.82, 2.24) is 10.6 Å². The zero-order chi connectivity index (χ0) is 28.7. The Morgan fingerprint density at radius 3 is 1.17 bits per heavy atom. The van der Waals surface area contributed by atoms with Crippen molar-refractivity contribution < 1.29 is 19.1 Å². The van der Waals surface area contributed by atoms with Gasteiger partial charge in [-0.15, -0.1) is 0 Å². The van der Waals surface area contributed by atoms with E-state index in [0.29, 0.717) is 52.6 Å². The normalized spacial score (nSPS) is 13.0. The summed E-state index contributed by atoms with van der Waals surface area (Å²) in [5.74, 6) is 0.138. The summed E-state index contributed by atoms with van der Waals surface area (Å²) < 4.78 is 11.2. The van der Waals surface area contributed by atoms with Crippen molar-refractivity contribution in [1.29, 1.82) is 0 Å². The van der Waals surface area contributed by atoms with Gasteiger partial charge in [0.05, 0.1) is 0 Å². The van der Waals surface area contributed by atoms with Crippen molar-refractivity contribution in [2.24, 2.45) is 0 Å². The molecule has 6 rings (SSSR count). The Bertz CT molecular complexity index is 1370. The summed E-state index contributed by atoms with van der Waals surface area (Å²) in [7, 11) is 0. The van der Waals surface area contributed by atoms with Crippen LogP contribution in [-0.2, 0) is 9.47 Å². The first-order chi connectivity index (χ1) is 20.7. The van der Waals surface area contributed by atoms with Crippen LogP contribution in [0.15, 0.2) is 97.1 Å². The van der Waals surface area contributed by atoms with Gasteiger partial charge in [-0.05, 0) is 0 Å². The Hall–Kier alpha value is -3.54. The van der Waals surface area contributed by atoms with Crippen LogP contribution in [0.3, 0.4) is 0 Å². The quantitative estimate of drug-likeness (QED) is 0.145. The molecular formula is C34H32N2O4Se2. The van der Waals surface area contributed by atoms with Gasteiger partial charge < -0.3 is 0 Å². The molecule has 2 N–H and O–H groups in total. The van der Waals surface area contributed by atoms with Crippen LogP contribution >= 0.6 is 0 Å². The third kappa shape index (κ3) is 6.28. The molecular weight excluding hydrogens is 658 g/mol. The predicted molar refractivity (Wildman–Crippen MR) is 167 cm³/mol. The monoisotopic (exact) mass is 692 g/mol. The second-order valence-corrected chi connectivity index (χ2v) is 18.0. The van der Waals surface area contributed by atoms with Crippen LogP contribution < -0.4 is 10.6 Å². The second kappa shape index (κ2) is 13.6. The first kappa shape index (κ1) is 28.6. The molecule has 2 aliphatic rings. The molecule has 214 valence electrons. The number of nitrogens with one attached hydrogen (secondary N) is 2. The van der Waals surface area contributed by atoms with E-state index in [9.17, 15) is 9.59 Å². The zero-order valence-corrected chi connectivity index (χ0v) is 26.5. The molecule has 0 saturated carbocycles. The summed E-state index contributed by atoms with van der Waals surface area (Å²) in [6.45, 7) is 1.88. The summed E-state index contributed by atoms with van der Waals surface area (Å²) in [5, 5.41) is 7.69. The minimum absolute atomic E-state index is 0.0691. The first-order valence-corrected chi connectivity index (χ1v) is 20.9.